The van der Waals surface area contributed by atoms with E-state index >= 15 is 0 Å². The third-order valence-corrected chi connectivity index (χ3v) is 11.2. The zero-order valence-electron chi connectivity index (χ0n) is 21.6. The summed E-state index contributed by atoms with van der Waals surface area (Å²) < 4.78 is 66.1. The highest BCUT2D eigenvalue weighted by Gasteiger charge is 2.50. The van der Waals surface area contributed by atoms with Crippen molar-refractivity contribution in [2.24, 2.45) is 11.7 Å². The SMILES string of the molecule is NC(=O)c1cc2c(cc1Cl)N(C1CC3CCC(C1)N3S(=O)(=O)CC1CCN(CCCC(F)(F)F)CC1)C(=O)C2. The Morgan fingerprint density at radius 2 is 1.69 bits per heavy atom. The Morgan fingerprint density at radius 1 is 1.05 bits per heavy atom. The molecule has 1 aromatic carbocycles. The van der Waals surface area contributed by atoms with E-state index in [9.17, 15) is 31.2 Å². The van der Waals surface area contributed by atoms with E-state index in [2.05, 4.69) is 0 Å². The van der Waals surface area contributed by atoms with Crippen LogP contribution in [-0.4, -0.2) is 79.1 Å². The molecule has 4 aliphatic heterocycles. The van der Waals surface area contributed by atoms with Crippen molar-refractivity contribution >= 4 is 39.1 Å². The van der Waals surface area contributed by atoms with Crippen molar-refractivity contribution in [3.63, 3.8) is 0 Å². The number of likely N-dealkylation sites (tertiary alicyclic amines) is 1. The average molecular weight is 591 g/mol. The van der Waals surface area contributed by atoms with E-state index < -0.39 is 28.5 Å². The first-order chi connectivity index (χ1) is 18.3. The minimum atomic E-state index is -4.15. The molecule has 0 saturated carbocycles. The van der Waals surface area contributed by atoms with Gasteiger partial charge in [-0.05, 0) is 88.2 Å². The van der Waals surface area contributed by atoms with Crippen molar-refractivity contribution in [2.45, 2.75) is 82.1 Å². The fourth-order valence-electron chi connectivity index (χ4n) is 6.98. The number of hydrogen-bond donors (Lipinski definition) is 1. The largest absolute Gasteiger partial charge is 0.389 e. The first-order valence-electron chi connectivity index (χ1n) is 13.6. The Kier molecular flexibility index (Phi) is 7.95. The number of carbonyl (C=O) groups is 2. The molecule has 1 aromatic rings. The Labute approximate surface area is 231 Å². The molecule has 3 saturated heterocycles. The molecule has 3 fully saturated rings. The first kappa shape index (κ1) is 28.6. The topological polar surface area (TPSA) is 104 Å². The van der Waals surface area contributed by atoms with Crippen LogP contribution >= 0.6 is 11.6 Å². The second-order valence-electron chi connectivity index (χ2n) is 11.4. The van der Waals surface area contributed by atoms with Crippen LogP contribution in [0.1, 0.15) is 67.3 Å². The number of piperidine rings is 2. The highest BCUT2D eigenvalue weighted by Crippen LogP contribution is 2.44. The van der Waals surface area contributed by atoms with Crippen molar-refractivity contribution in [2.75, 3.05) is 30.3 Å². The number of anilines is 1. The molecule has 13 heteroatoms. The van der Waals surface area contributed by atoms with Gasteiger partial charge in [0.2, 0.25) is 21.8 Å². The maximum Gasteiger partial charge on any atom is 0.389 e. The molecule has 8 nitrogen and oxygen atoms in total. The fraction of sp³-hybridized carbons (Fsp3) is 0.692. The summed E-state index contributed by atoms with van der Waals surface area (Å²) in [5, 5.41) is 0.190. The Balaban J connectivity index is 1.20. The van der Waals surface area contributed by atoms with Gasteiger partial charge in [0, 0.05) is 30.2 Å². The minimum Gasteiger partial charge on any atom is -0.366 e. The lowest BCUT2D eigenvalue weighted by molar-refractivity contribution is -0.136. The molecule has 0 spiro atoms. The molecule has 4 heterocycles. The number of primary amides is 1. The van der Waals surface area contributed by atoms with Gasteiger partial charge < -0.3 is 15.5 Å². The number of rotatable bonds is 8. The lowest BCUT2D eigenvalue weighted by Gasteiger charge is -2.42. The van der Waals surface area contributed by atoms with Crippen LogP contribution in [0.15, 0.2) is 12.1 Å². The van der Waals surface area contributed by atoms with E-state index in [4.69, 9.17) is 17.3 Å². The second kappa shape index (κ2) is 10.8. The van der Waals surface area contributed by atoms with Crippen molar-refractivity contribution in [3.8, 4) is 0 Å². The predicted octanol–water partition coefficient (Wildman–Crippen LogP) is 3.71. The summed E-state index contributed by atoms with van der Waals surface area (Å²) in [7, 11) is -3.53. The van der Waals surface area contributed by atoms with Gasteiger partial charge >= 0.3 is 6.18 Å². The number of sulfonamides is 1. The van der Waals surface area contributed by atoms with Crippen LogP contribution in [0, 0.1) is 5.92 Å². The molecule has 2 amide bonds. The first-order valence-corrected chi connectivity index (χ1v) is 15.6. The summed E-state index contributed by atoms with van der Waals surface area (Å²) in [6, 6.07) is 2.67. The molecule has 2 unspecified atom stereocenters. The second-order valence-corrected chi connectivity index (χ2v) is 13.7. The standard InChI is InChI=1S/C26H34ClF3N4O4S/c27-22-14-23-17(10-21(22)25(31)36)11-24(35)33(23)20-12-18-2-3-19(13-20)34(18)39(37,38)15-16-4-8-32(9-5-16)7-1-6-26(28,29)30/h10,14,16,18-20H,1-9,11-13,15H2,(H2,31,36). The number of nitrogens with two attached hydrogens (primary N) is 1. The van der Waals surface area contributed by atoms with E-state index in [-0.39, 0.29) is 59.1 Å². The van der Waals surface area contributed by atoms with Crippen LogP contribution < -0.4 is 10.6 Å². The number of alkyl halides is 3. The summed E-state index contributed by atoms with van der Waals surface area (Å²) >= 11 is 6.28. The van der Waals surface area contributed by atoms with Gasteiger partial charge in [-0.3, -0.25) is 9.59 Å². The number of fused-ring (bicyclic) bond motifs is 3. The highest BCUT2D eigenvalue weighted by atomic mass is 35.5. The predicted molar refractivity (Wildman–Crippen MR) is 141 cm³/mol. The monoisotopic (exact) mass is 590 g/mol. The summed E-state index contributed by atoms with van der Waals surface area (Å²) in [6.07, 6.45) is -0.858. The molecule has 0 aromatic heterocycles. The third kappa shape index (κ3) is 6.08. The Morgan fingerprint density at radius 3 is 2.28 bits per heavy atom. The van der Waals surface area contributed by atoms with Crippen LogP contribution in [0.3, 0.4) is 0 Å². The summed E-state index contributed by atoms with van der Waals surface area (Å²) in [5.41, 5.74) is 6.95. The number of nitrogens with zero attached hydrogens (tertiary/aromatic N) is 3. The van der Waals surface area contributed by atoms with Crippen LogP contribution in [0.2, 0.25) is 5.02 Å². The maximum atomic E-state index is 13.6. The van der Waals surface area contributed by atoms with Crippen molar-refractivity contribution < 1.29 is 31.2 Å². The van der Waals surface area contributed by atoms with E-state index in [1.54, 1.807) is 21.3 Å². The molecular weight excluding hydrogens is 557 g/mol. The normalized spacial score (nSPS) is 26.8. The molecule has 0 radical (unpaired) electrons. The third-order valence-electron chi connectivity index (χ3n) is 8.72. The van der Waals surface area contributed by atoms with Gasteiger partial charge in [-0.2, -0.15) is 17.5 Å². The van der Waals surface area contributed by atoms with Gasteiger partial charge in [0.05, 0.1) is 22.8 Å². The number of carbonyl (C=O) groups excluding carboxylic acids is 2. The molecular formula is C26H34ClF3N4O4S. The highest BCUT2D eigenvalue weighted by molar-refractivity contribution is 7.89. The number of benzene rings is 1. The van der Waals surface area contributed by atoms with Gasteiger partial charge in [0.1, 0.15) is 0 Å². The Hall–Kier alpha value is -1.89. The van der Waals surface area contributed by atoms with E-state index in [1.165, 1.54) is 0 Å². The van der Waals surface area contributed by atoms with E-state index in [0.717, 1.165) is 12.8 Å². The van der Waals surface area contributed by atoms with Crippen molar-refractivity contribution in [1.82, 2.24) is 9.21 Å². The molecule has 0 aliphatic carbocycles. The zero-order chi connectivity index (χ0) is 28.1. The van der Waals surface area contributed by atoms with Gasteiger partial charge in [0.15, 0.2) is 0 Å². The molecule has 2 bridgehead atoms. The van der Waals surface area contributed by atoms with Crippen LogP contribution in [0.5, 0.6) is 0 Å². The Bertz CT molecular complexity index is 1220. The molecule has 4 aliphatic rings. The van der Waals surface area contributed by atoms with Crippen molar-refractivity contribution in [3.05, 3.63) is 28.3 Å². The van der Waals surface area contributed by atoms with Gasteiger partial charge in [-0.1, -0.05) is 11.6 Å². The molecule has 2 N–H and O–H groups in total. The molecule has 216 valence electrons. The number of amides is 2. The molecule has 39 heavy (non-hydrogen) atoms. The van der Waals surface area contributed by atoms with Crippen LogP contribution in [0.25, 0.3) is 0 Å². The number of halogens is 4. The number of hydrogen-bond acceptors (Lipinski definition) is 5. The maximum absolute atomic E-state index is 13.6. The van der Waals surface area contributed by atoms with Crippen LogP contribution in [0.4, 0.5) is 18.9 Å². The van der Waals surface area contributed by atoms with E-state index in [0.29, 0.717) is 56.6 Å². The zero-order valence-corrected chi connectivity index (χ0v) is 23.2. The summed E-state index contributed by atoms with van der Waals surface area (Å²) in [6.45, 7) is 1.61. The smallest absolute Gasteiger partial charge is 0.366 e. The van der Waals surface area contributed by atoms with Gasteiger partial charge in [-0.25, -0.2) is 8.42 Å². The van der Waals surface area contributed by atoms with Crippen molar-refractivity contribution in [1.29, 1.82) is 0 Å². The van der Waals surface area contributed by atoms with Crippen LogP contribution in [-0.2, 0) is 21.2 Å². The van der Waals surface area contributed by atoms with Gasteiger partial charge in [-0.15, -0.1) is 0 Å². The minimum absolute atomic E-state index is 0.0142. The van der Waals surface area contributed by atoms with Gasteiger partial charge in [0.25, 0.3) is 0 Å². The summed E-state index contributed by atoms with van der Waals surface area (Å²) in [4.78, 5) is 28.4. The molecule has 2 atom stereocenters. The summed E-state index contributed by atoms with van der Waals surface area (Å²) in [5.74, 6) is -0.708. The average Bonchev–Trinajstić information content (AvgIpc) is 3.31. The lowest BCUT2D eigenvalue weighted by Crippen LogP contribution is -2.54. The molecule has 5 rings (SSSR count). The lowest BCUT2D eigenvalue weighted by atomic mass is 9.97. The quantitative estimate of drug-likeness (QED) is 0.497. The fourth-order valence-corrected chi connectivity index (χ4v) is 9.62. The van der Waals surface area contributed by atoms with E-state index in [1.807, 2.05) is 4.90 Å².